The number of carbonyl (C=O) groups excluding carboxylic acids is 2. The Hall–Kier alpha value is -3.19. The molecular weight excluding hydrogens is 385 g/mol. The lowest BCUT2D eigenvalue weighted by Crippen LogP contribution is -2.22. The van der Waals surface area contributed by atoms with Crippen LogP contribution in [-0.2, 0) is 27.8 Å². The van der Waals surface area contributed by atoms with Crippen molar-refractivity contribution in [2.75, 3.05) is 11.9 Å². The van der Waals surface area contributed by atoms with E-state index in [1.165, 1.54) is 22.9 Å². The largest absolute Gasteiger partial charge is 0.455 e. The molecule has 0 atom stereocenters. The summed E-state index contributed by atoms with van der Waals surface area (Å²) in [5.74, 6) is -1.26. The minimum atomic E-state index is -0.688. The second kappa shape index (κ2) is 8.67. The lowest BCUT2D eigenvalue weighted by Gasteiger charge is -2.07. The highest BCUT2D eigenvalue weighted by molar-refractivity contribution is 6.30. The zero-order valence-corrected chi connectivity index (χ0v) is 15.7. The number of ether oxygens (including phenoxy) is 1. The number of anilines is 1. The summed E-state index contributed by atoms with van der Waals surface area (Å²) in [4.78, 5) is 23.9. The number of benzene rings is 2. The van der Waals surface area contributed by atoms with Crippen LogP contribution in [0.2, 0.25) is 5.02 Å². The third-order valence-electron chi connectivity index (χ3n) is 3.94. The average molecular weight is 402 g/mol. The van der Waals surface area contributed by atoms with Gasteiger partial charge in [0.25, 0.3) is 5.91 Å². The first-order chi connectivity index (χ1) is 13.4. The molecule has 1 aromatic heterocycles. The standard InChI is InChI=1S/C20H17ClFN3O3/c1-25-18(11-17(24-25)13-6-8-15(21)9-7-13)23-19(26)12-28-20(27)10-14-4-2-3-5-16(14)22/h2-9,11H,10,12H2,1H3,(H,23,26). The lowest BCUT2D eigenvalue weighted by molar-refractivity contribution is -0.146. The van der Waals surface area contributed by atoms with Crippen molar-refractivity contribution in [2.24, 2.45) is 7.05 Å². The highest BCUT2D eigenvalue weighted by Crippen LogP contribution is 2.23. The first-order valence-corrected chi connectivity index (χ1v) is 8.79. The van der Waals surface area contributed by atoms with Crippen molar-refractivity contribution in [3.05, 3.63) is 71.0 Å². The summed E-state index contributed by atoms with van der Waals surface area (Å²) in [6.45, 7) is -0.477. The van der Waals surface area contributed by atoms with E-state index in [9.17, 15) is 14.0 Å². The Kier molecular flexibility index (Phi) is 6.06. The second-order valence-electron chi connectivity index (χ2n) is 6.02. The number of aryl methyl sites for hydroxylation is 1. The van der Waals surface area contributed by atoms with Gasteiger partial charge in [0.15, 0.2) is 6.61 Å². The Morgan fingerprint density at radius 3 is 2.61 bits per heavy atom. The summed E-state index contributed by atoms with van der Waals surface area (Å²) in [6, 6.07) is 14.7. The van der Waals surface area contributed by atoms with E-state index in [1.807, 2.05) is 12.1 Å². The Bertz CT molecular complexity index is 1000. The van der Waals surface area contributed by atoms with Crippen molar-refractivity contribution in [3.63, 3.8) is 0 Å². The molecule has 1 N–H and O–H groups in total. The van der Waals surface area contributed by atoms with Crippen LogP contribution in [0, 0.1) is 5.82 Å². The van der Waals surface area contributed by atoms with Gasteiger partial charge in [0, 0.05) is 23.7 Å². The van der Waals surface area contributed by atoms with Crippen molar-refractivity contribution >= 4 is 29.3 Å². The van der Waals surface area contributed by atoms with Gasteiger partial charge in [0.05, 0.1) is 12.1 Å². The lowest BCUT2D eigenvalue weighted by atomic mass is 10.1. The summed E-state index contributed by atoms with van der Waals surface area (Å²) in [6.07, 6.45) is -0.244. The van der Waals surface area contributed by atoms with Gasteiger partial charge in [0.2, 0.25) is 0 Å². The topological polar surface area (TPSA) is 73.2 Å². The molecule has 144 valence electrons. The molecule has 1 heterocycles. The molecule has 0 aliphatic heterocycles. The molecule has 8 heteroatoms. The van der Waals surface area contributed by atoms with Crippen LogP contribution < -0.4 is 5.32 Å². The number of carbonyl (C=O) groups is 2. The highest BCUT2D eigenvalue weighted by Gasteiger charge is 2.14. The second-order valence-corrected chi connectivity index (χ2v) is 6.46. The minimum absolute atomic E-state index is 0.215. The molecule has 2 aromatic carbocycles. The molecular formula is C20H17ClFN3O3. The zero-order valence-electron chi connectivity index (χ0n) is 15.0. The smallest absolute Gasteiger partial charge is 0.310 e. The fraction of sp³-hybridized carbons (Fsp3) is 0.150. The number of esters is 1. The quantitative estimate of drug-likeness (QED) is 0.640. The fourth-order valence-corrected chi connectivity index (χ4v) is 2.65. The van der Waals surface area contributed by atoms with Gasteiger partial charge in [-0.3, -0.25) is 14.3 Å². The normalized spacial score (nSPS) is 10.5. The first kappa shape index (κ1) is 19.6. The van der Waals surface area contributed by atoms with Gasteiger partial charge < -0.3 is 10.1 Å². The minimum Gasteiger partial charge on any atom is -0.455 e. The number of rotatable bonds is 6. The molecule has 3 rings (SSSR count). The maximum atomic E-state index is 13.5. The van der Waals surface area contributed by atoms with Crippen LogP contribution in [0.3, 0.4) is 0 Å². The van der Waals surface area contributed by atoms with Crippen molar-refractivity contribution < 1.29 is 18.7 Å². The summed E-state index contributed by atoms with van der Waals surface area (Å²) >= 11 is 5.88. The molecule has 0 saturated heterocycles. The van der Waals surface area contributed by atoms with Crippen molar-refractivity contribution in [1.29, 1.82) is 0 Å². The third-order valence-corrected chi connectivity index (χ3v) is 4.20. The molecule has 0 radical (unpaired) electrons. The number of halogens is 2. The van der Waals surface area contributed by atoms with Gasteiger partial charge in [-0.05, 0) is 23.8 Å². The number of nitrogens with zero attached hydrogens (tertiary/aromatic N) is 2. The Morgan fingerprint density at radius 2 is 1.89 bits per heavy atom. The van der Waals surface area contributed by atoms with Crippen LogP contribution >= 0.6 is 11.6 Å². The van der Waals surface area contributed by atoms with E-state index in [1.54, 1.807) is 31.3 Å². The molecule has 0 saturated carbocycles. The molecule has 1 amide bonds. The first-order valence-electron chi connectivity index (χ1n) is 8.41. The van der Waals surface area contributed by atoms with E-state index in [0.717, 1.165) is 5.56 Å². The molecule has 0 fully saturated rings. The highest BCUT2D eigenvalue weighted by atomic mass is 35.5. The van der Waals surface area contributed by atoms with E-state index >= 15 is 0 Å². The van der Waals surface area contributed by atoms with Gasteiger partial charge in [-0.15, -0.1) is 0 Å². The van der Waals surface area contributed by atoms with E-state index in [0.29, 0.717) is 16.5 Å². The number of amides is 1. The van der Waals surface area contributed by atoms with Gasteiger partial charge in [-0.2, -0.15) is 5.10 Å². The van der Waals surface area contributed by atoms with Crippen LogP contribution in [-0.4, -0.2) is 28.3 Å². The van der Waals surface area contributed by atoms with Crippen molar-refractivity contribution in [3.8, 4) is 11.3 Å². The van der Waals surface area contributed by atoms with Gasteiger partial charge in [-0.1, -0.05) is 41.9 Å². The zero-order chi connectivity index (χ0) is 20.1. The van der Waals surface area contributed by atoms with Crippen LogP contribution in [0.4, 0.5) is 10.2 Å². The Balaban J connectivity index is 1.55. The molecule has 0 aliphatic carbocycles. The van der Waals surface area contributed by atoms with E-state index in [-0.39, 0.29) is 12.0 Å². The van der Waals surface area contributed by atoms with Crippen molar-refractivity contribution in [2.45, 2.75) is 6.42 Å². The van der Waals surface area contributed by atoms with E-state index in [4.69, 9.17) is 16.3 Å². The summed E-state index contributed by atoms with van der Waals surface area (Å²) < 4.78 is 20.0. The number of aromatic nitrogens is 2. The van der Waals surface area contributed by atoms with Gasteiger partial charge in [0.1, 0.15) is 11.6 Å². The number of nitrogens with one attached hydrogen (secondary N) is 1. The maximum absolute atomic E-state index is 13.5. The summed E-state index contributed by atoms with van der Waals surface area (Å²) in [5.41, 5.74) is 1.72. The Morgan fingerprint density at radius 1 is 1.18 bits per heavy atom. The average Bonchev–Trinajstić information content (AvgIpc) is 3.03. The van der Waals surface area contributed by atoms with Gasteiger partial charge in [-0.25, -0.2) is 4.39 Å². The predicted octanol–water partition coefficient (Wildman–Crippen LogP) is 3.60. The maximum Gasteiger partial charge on any atom is 0.310 e. The van der Waals surface area contributed by atoms with E-state index in [2.05, 4.69) is 10.4 Å². The summed E-state index contributed by atoms with van der Waals surface area (Å²) in [7, 11) is 1.68. The van der Waals surface area contributed by atoms with Crippen LogP contribution in [0.15, 0.2) is 54.6 Å². The fourth-order valence-electron chi connectivity index (χ4n) is 2.52. The third kappa shape index (κ3) is 4.95. The number of hydrogen-bond acceptors (Lipinski definition) is 4. The molecule has 6 nitrogen and oxygen atoms in total. The van der Waals surface area contributed by atoms with Gasteiger partial charge >= 0.3 is 5.97 Å². The monoisotopic (exact) mass is 401 g/mol. The Labute approximate surface area is 165 Å². The molecule has 3 aromatic rings. The molecule has 0 bridgehead atoms. The SMILES string of the molecule is Cn1nc(-c2ccc(Cl)cc2)cc1NC(=O)COC(=O)Cc1ccccc1F. The molecule has 0 spiro atoms. The summed E-state index contributed by atoms with van der Waals surface area (Å²) in [5, 5.41) is 7.58. The van der Waals surface area contributed by atoms with Crippen LogP contribution in [0.5, 0.6) is 0 Å². The predicted molar refractivity (Wildman–Crippen MR) is 103 cm³/mol. The van der Waals surface area contributed by atoms with Crippen LogP contribution in [0.1, 0.15) is 5.56 Å². The molecule has 0 aliphatic rings. The molecule has 28 heavy (non-hydrogen) atoms. The van der Waals surface area contributed by atoms with Crippen LogP contribution in [0.25, 0.3) is 11.3 Å². The van der Waals surface area contributed by atoms with E-state index < -0.39 is 24.3 Å². The molecule has 0 unspecified atom stereocenters. The van der Waals surface area contributed by atoms with Crippen molar-refractivity contribution in [1.82, 2.24) is 9.78 Å². The number of hydrogen-bond donors (Lipinski definition) is 1.